The van der Waals surface area contributed by atoms with Crippen LogP contribution in [0.25, 0.3) is 0 Å². The minimum absolute atomic E-state index is 0.294. The van der Waals surface area contributed by atoms with Crippen LogP contribution in [-0.4, -0.2) is 36.6 Å². The van der Waals surface area contributed by atoms with Gasteiger partial charge in [0.2, 0.25) is 0 Å². The van der Waals surface area contributed by atoms with Crippen molar-refractivity contribution >= 4 is 0 Å². The lowest BCUT2D eigenvalue weighted by Gasteiger charge is -2.34. The zero-order valence-electron chi connectivity index (χ0n) is 11.4. The fourth-order valence-corrected chi connectivity index (χ4v) is 2.17. The van der Waals surface area contributed by atoms with Crippen molar-refractivity contribution in [2.45, 2.75) is 59.0 Å². The molecule has 1 unspecified atom stereocenters. The highest BCUT2D eigenvalue weighted by atomic mass is 15.2. The number of rotatable bonds is 3. The highest BCUT2D eigenvalue weighted by Gasteiger charge is 2.34. The van der Waals surface area contributed by atoms with E-state index in [1.807, 2.05) is 0 Å². The van der Waals surface area contributed by atoms with Crippen LogP contribution >= 0.6 is 0 Å². The summed E-state index contributed by atoms with van der Waals surface area (Å²) in [5.41, 5.74) is 0.779. The maximum Gasteiger partial charge on any atom is 0.0131 e. The first-order valence-corrected chi connectivity index (χ1v) is 6.18. The van der Waals surface area contributed by atoms with Gasteiger partial charge in [0.1, 0.15) is 0 Å². The molecule has 1 atom stereocenters. The molecule has 1 fully saturated rings. The summed E-state index contributed by atoms with van der Waals surface area (Å²) in [6, 6.07) is 0.697. The molecular weight excluding hydrogens is 184 g/mol. The van der Waals surface area contributed by atoms with E-state index in [4.69, 9.17) is 0 Å². The van der Waals surface area contributed by atoms with Gasteiger partial charge < -0.3 is 10.2 Å². The van der Waals surface area contributed by atoms with Crippen LogP contribution in [0.2, 0.25) is 0 Å². The lowest BCUT2D eigenvalue weighted by molar-refractivity contribution is 0.157. The Morgan fingerprint density at radius 3 is 2.33 bits per heavy atom. The second-order valence-corrected chi connectivity index (χ2v) is 6.63. The van der Waals surface area contributed by atoms with Gasteiger partial charge in [-0.15, -0.1) is 0 Å². The molecule has 2 heteroatoms. The van der Waals surface area contributed by atoms with E-state index in [2.05, 4.69) is 51.9 Å². The van der Waals surface area contributed by atoms with Gasteiger partial charge in [-0.2, -0.15) is 0 Å². The largest absolute Gasteiger partial charge is 0.313 e. The zero-order chi connectivity index (χ0) is 11.7. The van der Waals surface area contributed by atoms with Crippen LogP contribution in [0.4, 0.5) is 0 Å². The lowest BCUT2D eigenvalue weighted by atomic mass is 9.83. The minimum Gasteiger partial charge on any atom is -0.313 e. The molecule has 1 heterocycles. The van der Waals surface area contributed by atoms with Gasteiger partial charge in [0.05, 0.1) is 0 Å². The summed E-state index contributed by atoms with van der Waals surface area (Å²) < 4.78 is 0. The predicted molar refractivity (Wildman–Crippen MR) is 67.2 cm³/mol. The SMILES string of the molecule is CN(CCC1NCCC1(C)C)C(C)(C)C. The van der Waals surface area contributed by atoms with Crippen LogP contribution in [0.3, 0.4) is 0 Å². The molecule has 0 amide bonds. The molecule has 0 aromatic heterocycles. The van der Waals surface area contributed by atoms with E-state index in [0.717, 1.165) is 0 Å². The smallest absolute Gasteiger partial charge is 0.0131 e. The fourth-order valence-electron chi connectivity index (χ4n) is 2.17. The average molecular weight is 212 g/mol. The maximum absolute atomic E-state index is 3.63. The van der Waals surface area contributed by atoms with Gasteiger partial charge in [0.15, 0.2) is 0 Å². The molecule has 15 heavy (non-hydrogen) atoms. The normalized spacial score (nSPS) is 26.2. The average Bonchev–Trinajstić information content (AvgIpc) is 2.39. The molecule has 0 aromatic rings. The van der Waals surface area contributed by atoms with Gasteiger partial charge in [-0.3, -0.25) is 0 Å². The van der Waals surface area contributed by atoms with Crippen LogP contribution in [-0.2, 0) is 0 Å². The first-order chi connectivity index (χ1) is 6.73. The van der Waals surface area contributed by atoms with E-state index in [0.29, 0.717) is 17.0 Å². The number of nitrogens with zero attached hydrogens (tertiary/aromatic N) is 1. The van der Waals surface area contributed by atoms with E-state index in [9.17, 15) is 0 Å². The van der Waals surface area contributed by atoms with Gasteiger partial charge in [0, 0.05) is 11.6 Å². The van der Waals surface area contributed by atoms with E-state index in [-0.39, 0.29) is 0 Å². The predicted octanol–water partition coefficient (Wildman–Crippen LogP) is 2.49. The summed E-state index contributed by atoms with van der Waals surface area (Å²) in [7, 11) is 2.22. The number of nitrogens with one attached hydrogen (secondary N) is 1. The molecule has 90 valence electrons. The highest BCUT2D eigenvalue weighted by Crippen LogP contribution is 2.31. The van der Waals surface area contributed by atoms with Gasteiger partial charge in [0.25, 0.3) is 0 Å². The summed E-state index contributed by atoms with van der Waals surface area (Å²) in [4.78, 5) is 2.45. The molecule has 1 saturated heterocycles. The van der Waals surface area contributed by atoms with Gasteiger partial charge >= 0.3 is 0 Å². The fraction of sp³-hybridized carbons (Fsp3) is 1.00. The first kappa shape index (κ1) is 13.0. The molecule has 1 N–H and O–H groups in total. The molecule has 1 rings (SSSR count). The summed E-state index contributed by atoms with van der Waals surface area (Å²) in [6.45, 7) is 14.0. The Kier molecular flexibility index (Phi) is 3.83. The monoisotopic (exact) mass is 212 g/mol. The van der Waals surface area contributed by atoms with Crippen molar-refractivity contribution in [1.29, 1.82) is 0 Å². The van der Waals surface area contributed by atoms with Gasteiger partial charge in [-0.25, -0.2) is 0 Å². The summed E-state index contributed by atoms with van der Waals surface area (Å²) in [5, 5.41) is 3.63. The van der Waals surface area contributed by atoms with Crippen LogP contribution in [0.15, 0.2) is 0 Å². The quantitative estimate of drug-likeness (QED) is 0.773. The second-order valence-electron chi connectivity index (χ2n) is 6.63. The third kappa shape index (κ3) is 3.46. The van der Waals surface area contributed by atoms with Gasteiger partial charge in [-0.05, 0) is 59.2 Å². The van der Waals surface area contributed by atoms with Crippen LogP contribution in [0.5, 0.6) is 0 Å². The van der Waals surface area contributed by atoms with Crippen molar-refractivity contribution in [2.24, 2.45) is 5.41 Å². The molecule has 0 radical (unpaired) electrons. The molecule has 0 aliphatic carbocycles. The first-order valence-electron chi connectivity index (χ1n) is 6.18. The van der Waals surface area contributed by atoms with Crippen molar-refractivity contribution in [3.63, 3.8) is 0 Å². The Balaban J connectivity index is 2.38. The topological polar surface area (TPSA) is 15.3 Å². The van der Waals surface area contributed by atoms with Crippen LogP contribution in [0.1, 0.15) is 47.5 Å². The summed E-state index contributed by atoms with van der Waals surface area (Å²) >= 11 is 0. The summed E-state index contributed by atoms with van der Waals surface area (Å²) in [6.07, 6.45) is 2.58. The molecule has 0 bridgehead atoms. The number of hydrogen-bond donors (Lipinski definition) is 1. The minimum atomic E-state index is 0.294. The Morgan fingerprint density at radius 1 is 1.33 bits per heavy atom. The third-order valence-electron chi connectivity index (χ3n) is 4.00. The Bertz CT molecular complexity index is 203. The van der Waals surface area contributed by atoms with Crippen molar-refractivity contribution in [2.75, 3.05) is 20.1 Å². The maximum atomic E-state index is 3.63. The Morgan fingerprint density at radius 2 is 1.93 bits per heavy atom. The van der Waals surface area contributed by atoms with Crippen molar-refractivity contribution in [1.82, 2.24) is 10.2 Å². The van der Waals surface area contributed by atoms with Crippen LogP contribution in [0, 0.1) is 5.41 Å². The van der Waals surface area contributed by atoms with Crippen LogP contribution < -0.4 is 5.32 Å². The molecule has 0 spiro atoms. The van der Waals surface area contributed by atoms with E-state index >= 15 is 0 Å². The van der Waals surface area contributed by atoms with Gasteiger partial charge in [-0.1, -0.05) is 13.8 Å². The molecule has 1 aliphatic heterocycles. The summed E-state index contributed by atoms with van der Waals surface area (Å²) in [5.74, 6) is 0. The second kappa shape index (κ2) is 4.42. The molecule has 0 saturated carbocycles. The van der Waals surface area contributed by atoms with E-state index in [1.54, 1.807) is 0 Å². The molecule has 1 aliphatic rings. The molecular formula is C13H28N2. The highest BCUT2D eigenvalue weighted by molar-refractivity contribution is 4.91. The number of hydrogen-bond acceptors (Lipinski definition) is 2. The standard InChI is InChI=1S/C13H28N2/c1-12(2,3)15(6)10-7-11-13(4,5)8-9-14-11/h11,14H,7-10H2,1-6H3. The third-order valence-corrected chi connectivity index (χ3v) is 4.00. The van der Waals surface area contributed by atoms with E-state index < -0.39 is 0 Å². The molecule has 0 aromatic carbocycles. The lowest BCUT2D eigenvalue weighted by Crippen LogP contribution is -2.42. The Hall–Kier alpha value is -0.0800. The van der Waals surface area contributed by atoms with Crippen molar-refractivity contribution < 1.29 is 0 Å². The zero-order valence-corrected chi connectivity index (χ0v) is 11.4. The Labute approximate surface area is 95.4 Å². The molecule has 2 nitrogen and oxygen atoms in total. The van der Waals surface area contributed by atoms with Crippen molar-refractivity contribution in [3.8, 4) is 0 Å². The van der Waals surface area contributed by atoms with Crippen molar-refractivity contribution in [3.05, 3.63) is 0 Å². The van der Waals surface area contributed by atoms with E-state index in [1.165, 1.54) is 25.9 Å².